The molecule has 0 aliphatic carbocycles. The molecule has 5 nitrogen and oxygen atoms in total. The van der Waals surface area contributed by atoms with Gasteiger partial charge in [0.1, 0.15) is 5.69 Å². The minimum Gasteiger partial charge on any atom is -0.358 e. The Morgan fingerprint density at radius 1 is 1.75 bits per heavy atom. The first kappa shape index (κ1) is 9.18. The Bertz CT molecular complexity index is 321. The number of halogens is 1. The monoisotopic (exact) mass is 233 g/mol. The summed E-state index contributed by atoms with van der Waals surface area (Å²) in [5.74, 6) is 0.0596. The van der Waals surface area contributed by atoms with E-state index >= 15 is 0 Å². The molecule has 0 radical (unpaired) electrons. The summed E-state index contributed by atoms with van der Waals surface area (Å²) in [6.45, 7) is 3.99. The van der Waals surface area contributed by atoms with Crippen LogP contribution in [0.15, 0.2) is 4.73 Å². The Labute approximate surface area is 77.7 Å². The van der Waals surface area contributed by atoms with Crippen LogP contribution in [0.1, 0.15) is 12.6 Å². The Balaban J connectivity index is 3.32. The summed E-state index contributed by atoms with van der Waals surface area (Å²) in [6, 6.07) is 0. The first-order chi connectivity index (χ1) is 5.57. The number of hydrogen-bond acceptors (Lipinski definition) is 3. The van der Waals surface area contributed by atoms with E-state index in [-0.39, 0.29) is 5.82 Å². The second-order valence-corrected chi connectivity index (χ2v) is 3.00. The van der Waals surface area contributed by atoms with Crippen LogP contribution in [0.25, 0.3) is 0 Å². The maximum atomic E-state index is 10.5. The van der Waals surface area contributed by atoms with E-state index in [4.69, 9.17) is 0 Å². The van der Waals surface area contributed by atoms with Gasteiger partial charge in [-0.05, 0) is 18.8 Å². The largest absolute Gasteiger partial charge is 0.358 e. The van der Waals surface area contributed by atoms with Crippen molar-refractivity contribution in [2.24, 2.45) is 0 Å². The Morgan fingerprint density at radius 2 is 2.33 bits per heavy atom. The lowest BCUT2D eigenvalue weighted by Gasteiger charge is -1.97. The van der Waals surface area contributed by atoms with E-state index in [0.717, 1.165) is 0 Å². The average Bonchev–Trinajstić information content (AvgIpc) is 2.24. The van der Waals surface area contributed by atoms with Crippen LogP contribution in [-0.2, 0) is 6.54 Å². The average molecular weight is 234 g/mol. The number of imidazole rings is 1. The summed E-state index contributed by atoms with van der Waals surface area (Å²) in [6.07, 6.45) is 0. The molecule has 0 fully saturated rings. The maximum Gasteiger partial charge on any atom is 0.346 e. The van der Waals surface area contributed by atoms with Crippen LogP contribution in [0.3, 0.4) is 0 Å². The fraction of sp³-hybridized carbons (Fsp3) is 0.500. The molecule has 0 bridgehead atoms. The van der Waals surface area contributed by atoms with Crippen LogP contribution in [0.5, 0.6) is 0 Å². The van der Waals surface area contributed by atoms with Crippen molar-refractivity contribution in [1.82, 2.24) is 9.55 Å². The first-order valence-corrected chi connectivity index (χ1v) is 4.24. The summed E-state index contributed by atoms with van der Waals surface area (Å²) in [5.41, 5.74) is 0.439. The predicted molar refractivity (Wildman–Crippen MR) is 47.0 cm³/mol. The third-order valence-electron chi connectivity index (χ3n) is 1.55. The summed E-state index contributed by atoms with van der Waals surface area (Å²) >= 11 is 3.14. The van der Waals surface area contributed by atoms with Crippen molar-refractivity contribution < 1.29 is 4.92 Å². The Morgan fingerprint density at radius 3 is 2.67 bits per heavy atom. The van der Waals surface area contributed by atoms with Crippen molar-refractivity contribution in [2.45, 2.75) is 20.4 Å². The smallest absolute Gasteiger partial charge is 0.346 e. The zero-order valence-electron chi connectivity index (χ0n) is 6.74. The summed E-state index contributed by atoms with van der Waals surface area (Å²) in [5, 5.41) is 10.5. The minimum atomic E-state index is -0.420. The molecule has 0 spiro atoms. The zero-order valence-corrected chi connectivity index (χ0v) is 8.33. The molecule has 66 valence electrons. The molecule has 12 heavy (non-hydrogen) atoms. The summed E-state index contributed by atoms with van der Waals surface area (Å²) < 4.78 is 2.02. The fourth-order valence-corrected chi connectivity index (χ4v) is 1.73. The lowest BCUT2D eigenvalue weighted by Crippen LogP contribution is -2.01. The number of nitrogens with zero attached hydrogens (tertiary/aromatic N) is 3. The predicted octanol–water partition coefficient (Wildman–Crippen LogP) is 1.88. The van der Waals surface area contributed by atoms with E-state index in [9.17, 15) is 10.1 Å². The van der Waals surface area contributed by atoms with Gasteiger partial charge in [-0.15, -0.1) is 0 Å². The molecule has 0 saturated heterocycles. The highest BCUT2D eigenvalue weighted by Crippen LogP contribution is 2.22. The molecular formula is C6H8BrN3O2. The second-order valence-electron chi connectivity index (χ2n) is 2.29. The van der Waals surface area contributed by atoms with Crippen LogP contribution in [-0.4, -0.2) is 14.5 Å². The third kappa shape index (κ3) is 1.34. The lowest BCUT2D eigenvalue weighted by molar-refractivity contribution is -0.392. The Hall–Kier alpha value is -0.910. The van der Waals surface area contributed by atoms with Gasteiger partial charge in [0.25, 0.3) is 4.73 Å². The van der Waals surface area contributed by atoms with Gasteiger partial charge in [0.15, 0.2) is 0 Å². The molecule has 0 atom stereocenters. The van der Waals surface area contributed by atoms with E-state index in [1.807, 2.05) is 6.92 Å². The third-order valence-corrected chi connectivity index (χ3v) is 2.16. The molecule has 1 aromatic heterocycles. The maximum absolute atomic E-state index is 10.5. The van der Waals surface area contributed by atoms with E-state index in [1.54, 1.807) is 6.92 Å². The van der Waals surface area contributed by atoms with Gasteiger partial charge in [-0.2, -0.15) is 4.98 Å². The number of nitro groups is 1. The molecule has 0 aliphatic heterocycles. The fourth-order valence-electron chi connectivity index (χ4n) is 1.04. The van der Waals surface area contributed by atoms with E-state index in [2.05, 4.69) is 20.9 Å². The molecule has 0 aromatic carbocycles. The first-order valence-electron chi connectivity index (χ1n) is 3.45. The molecule has 1 aromatic rings. The minimum absolute atomic E-state index is 0.0596. The molecule has 0 N–H and O–H groups in total. The SMILES string of the molecule is CCn1c(Br)nc(C)c1[N+](=O)[O-]. The van der Waals surface area contributed by atoms with E-state index < -0.39 is 4.92 Å². The number of hydrogen-bond donors (Lipinski definition) is 0. The van der Waals surface area contributed by atoms with Crippen molar-refractivity contribution in [3.05, 3.63) is 20.5 Å². The zero-order chi connectivity index (χ0) is 9.30. The van der Waals surface area contributed by atoms with Crippen molar-refractivity contribution in [3.63, 3.8) is 0 Å². The van der Waals surface area contributed by atoms with Gasteiger partial charge in [-0.1, -0.05) is 0 Å². The highest BCUT2D eigenvalue weighted by molar-refractivity contribution is 9.10. The highest BCUT2D eigenvalue weighted by atomic mass is 79.9. The van der Waals surface area contributed by atoms with Crippen LogP contribution in [0.2, 0.25) is 0 Å². The van der Waals surface area contributed by atoms with Gasteiger partial charge < -0.3 is 10.1 Å². The number of aromatic nitrogens is 2. The number of aryl methyl sites for hydroxylation is 1. The van der Waals surface area contributed by atoms with Gasteiger partial charge >= 0.3 is 5.82 Å². The van der Waals surface area contributed by atoms with Crippen LogP contribution in [0, 0.1) is 17.0 Å². The van der Waals surface area contributed by atoms with Crippen LogP contribution < -0.4 is 0 Å². The standard InChI is InChI=1S/C6H8BrN3O2/c1-3-9-5(10(11)12)4(2)8-6(9)7/h3H2,1-2H3. The lowest BCUT2D eigenvalue weighted by atomic mass is 10.5. The normalized spacial score (nSPS) is 10.2. The van der Waals surface area contributed by atoms with Gasteiger partial charge in [-0.3, -0.25) is 0 Å². The molecule has 1 rings (SSSR count). The molecule has 6 heteroatoms. The van der Waals surface area contributed by atoms with Gasteiger partial charge in [-0.25, -0.2) is 4.57 Å². The summed E-state index contributed by atoms with van der Waals surface area (Å²) in [7, 11) is 0. The number of rotatable bonds is 2. The van der Waals surface area contributed by atoms with Gasteiger partial charge in [0.05, 0.1) is 6.54 Å². The quantitative estimate of drug-likeness (QED) is 0.579. The van der Waals surface area contributed by atoms with E-state index in [1.165, 1.54) is 4.57 Å². The molecular weight excluding hydrogens is 226 g/mol. The summed E-state index contributed by atoms with van der Waals surface area (Å²) in [4.78, 5) is 14.1. The van der Waals surface area contributed by atoms with Gasteiger partial charge in [0.2, 0.25) is 0 Å². The topological polar surface area (TPSA) is 61.0 Å². The van der Waals surface area contributed by atoms with Crippen molar-refractivity contribution in [2.75, 3.05) is 0 Å². The molecule has 0 amide bonds. The Kier molecular flexibility index (Phi) is 2.46. The molecule has 0 saturated carbocycles. The highest BCUT2D eigenvalue weighted by Gasteiger charge is 2.21. The van der Waals surface area contributed by atoms with E-state index in [0.29, 0.717) is 17.0 Å². The molecule has 0 aliphatic rings. The van der Waals surface area contributed by atoms with Crippen molar-refractivity contribution in [1.29, 1.82) is 0 Å². The van der Waals surface area contributed by atoms with Crippen molar-refractivity contribution in [3.8, 4) is 0 Å². The second kappa shape index (κ2) is 3.22. The molecule has 0 unspecified atom stereocenters. The molecule has 1 heterocycles. The van der Waals surface area contributed by atoms with Gasteiger partial charge in [0, 0.05) is 15.9 Å². The van der Waals surface area contributed by atoms with Crippen molar-refractivity contribution >= 4 is 21.7 Å². The van der Waals surface area contributed by atoms with Crippen LogP contribution in [0.4, 0.5) is 5.82 Å². The van der Waals surface area contributed by atoms with Crippen LogP contribution >= 0.6 is 15.9 Å².